The Kier molecular flexibility index (Phi) is 8.75. The van der Waals surface area contributed by atoms with Crippen molar-refractivity contribution in [1.82, 2.24) is 0 Å². The zero-order valence-corrected chi connectivity index (χ0v) is 23.1. The molecule has 8 nitrogen and oxygen atoms in total. The van der Waals surface area contributed by atoms with E-state index in [9.17, 15) is 19.5 Å². The van der Waals surface area contributed by atoms with E-state index in [-0.39, 0.29) is 23.7 Å². The van der Waals surface area contributed by atoms with Gasteiger partial charge >= 0.3 is 17.9 Å². The lowest BCUT2D eigenvalue weighted by atomic mass is 9.45. The van der Waals surface area contributed by atoms with Gasteiger partial charge in [0, 0.05) is 19.4 Å². The van der Waals surface area contributed by atoms with Crippen molar-refractivity contribution in [2.24, 2.45) is 28.6 Å². The first-order valence-corrected chi connectivity index (χ1v) is 13.2. The summed E-state index contributed by atoms with van der Waals surface area (Å²) in [5.74, 6) is -1.99. The second kappa shape index (κ2) is 11.1. The van der Waals surface area contributed by atoms with E-state index in [1.54, 1.807) is 12.2 Å². The van der Waals surface area contributed by atoms with E-state index in [1.165, 1.54) is 13.8 Å². The zero-order chi connectivity index (χ0) is 27.7. The Morgan fingerprint density at radius 2 is 1.84 bits per heavy atom. The molecule has 0 aromatic heterocycles. The molecule has 0 bridgehead atoms. The summed E-state index contributed by atoms with van der Waals surface area (Å²) in [7, 11) is 0. The molecule has 1 N–H and O–H groups in total. The Bertz CT molecular complexity index is 982. The van der Waals surface area contributed by atoms with E-state index in [1.807, 2.05) is 20.8 Å². The van der Waals surface area contributed by atoms with Crippen molar-refractivity contribution >= 4 is 17.9 Å². The Morgan fingerprint density at radius 1 is 1.19 bits per heavy atom. The van der Waals surface area contributed by atoms with Crippen molar-refractivity contribution in [3.05, 3.63) is 36.0 Å². The molecule has 0 aromatic carbocycles. The largest absolute Gasteiger partial charge is 0.458 e. The molecule has 37 heavy (non-hydrogen) atoms. The molecule has 3 rings (SSSR count). The summed E-state index contributed by atoms with van der Waals surface area (Å²) in [6.45, 7) is 16.4. The van der Waals surface area contributed by atoms with Gasteiger partial charge in [0.25, 0.3) is 0 Å². The van der Waals surface area contributed by atoms with Gasteiger partial charge < -0.3 is 19.3 Å². The summed E-state index contributed by atoms with van der Waals surface area (Å²) in [6, 6.07) is 0. The van der Waals surface area contributed by atoms with E-state index in [4.69, 9.17) is 18.9 Å². The van der Waals surface area contributed by atoms with Gasteiger partial charge in [-0.05, 0) is 55.9 Å². The van der Waals surface area contributed by atoms with Crippen molar-refractivity contribution in [3.63, 3.8) is 0 Å². The number of esters is 3. The number of carbonyl (C=O) groups excluding carboxylic acids is 3. The summed E-state index contributed by atoms with van der Waals surface area (Å²) in [5, 5.41) is 11.7. The van der Waals surface area contributed by atoms with Crippen molar-refractivity contribution < 1.29 is 38.4 Å². The van der Waals surface area contributed by atoms with Gasteiger partial charge in [0.15, 0.2) is 0 Å². The van der Waals surface area contributed by atoms with E-state index < -0.39 is 47.6 Å². The minimum Gasteiger partial charge on any atom is -0.458 e. The third-order valence-corrected chi connectivity index (χ3v) is 8.87. The zero-order valence-electron chi connectivity index (χ0n) is 23.1. The van der Waals surface area contributed by atoms with Gasteiger partial charge in [-0.3, -0.25) is 19.1 Å². The first-order valence-electron chi connectivity index (χ1n) is 13.2. The molecule has 1 spiro atoms. The number of allylic oxidation sites excluding steroid dienone is 3. The second-order valence-corrected chi connectivity index (χ2v) is 11.2. The highest BCUT2D eigenvalue weighted by Gasteiger charge is 2.71. The maximum Gasteiger partial charge on any atom is 0.309 e. The minimum absolute atomic E-state index is 0.0722. The molecule has 8 heteroatoms. The van der Waals surface area contributed by atoms with Crippen LogP contribution in [-0.4, -0.2) is 47.8 Å². The molecule has 9 atom stereocenters. The van der Waals surface area contributed by atoms with Crippen molar-refractivity contribution in [2.75, 3.05) is 0 Å². The SMILES string of the molecule is C=C/C(C)=C/C[C@]1(C)[C@H](C)C[C@H](O)[C@]23C(=C[C@@H](OC(=O)[C@H](C)CC)C[C@@H]12)[C@@H](OC(C)=O)O[C@H]3OC(C)=O. The van der Waals surface area contributed by atoms with Crippen LogP contribution < -0.4 is 0 Å². The van der Waals surface area contributed by atoms with Gasteiger partial charge in [0.1, 0.15) is 6.10 Å². The summed E-state index contributed by atoms with van der Waals surface area (Å²) >= 11 is 0. The molecule has 0 radical (unpaired) electrons. The van der Waals surface area contributed by atoms with Crippen LogP contribution in [0.4, 0.5) is 0 Å². The predicted octanol–water partition coefficient (Wildman–Crippen LogP) is 4.62. The predicted molar refractivity (Wildman–Crippen MR) is 137 cm³/mol. The number of hydrogen-bond donors (Lipinski definition) is 1. The third-order valence-electron chi connectivity index (χ3n) is 8.87. The van der Waals surface area contributed by atoms with Crippen LogP contribution in [0.2, 0.25) is 0 Å². The van der Waals surface area contributed by atoms with E-state index in [0.717, 1.165) is 5.57 Å². The fraction of sp³-hybridized carbons (Fsp3) is 0.690. The maximum absolute atomic E-state index is 12.8. The number of rotatable bonds is 8. The first-order chi connectivity index (χ1) is 17.3. The molecule has 2 aliphatic carbocycles. The van der Waals surface area contributed by atoms with E-state index >= 15 is 0 Å². The number of ether oxygens (including phenoxy) is 4. The highest BCUT2D eigenvalue weighted by Crippen LogP contribution is 2.67. The highest BCUT2D eigenvalue weighted by atomic mass is 16.8. The summed E-state index contributed by atoms with van der Waals surface area (Å²) in [6.07, 6.45) is 3.89. The molecule has 1 aliphatic heterocycles. The highest BCUT2D eigenvalue weighted by molar-refractivity contribution is 5.72. The molecule has 0 amide bonds. The van der Waals surface area contributed by atoms with Gasteiger partial charge in [-0.2, -0.15) is 0 Å². The molecule has 206 valence electrons. The number of hydrogen-bond acceptors (Lipinski definition) is 8. The lowest BCUT2D eigenvalue weighted by Crippen LogP contribution is -2.63. The molecule has 2 fully saturated rings. The fourth-order valence-electron chi connectivity index (χ4n) is 6.30. The summed E-state index contributed by atoms with van der Waals surface area (Å²) in [4.78, 5) is 37.0. The number of carbonyl (C=O) groups is 3. The van der Waals surface area contributed by atoms with Crippen LogP contribution in [0, 0.1) is 28.6 Å². The van der Waals surface area contributed by atoms with Crippen molar-refractivity contribution in [3.8, 4) is 0 Å². The molecule has 1 saturated carbocycles. The molecular weight excluding hydrogens is 476 g/mol. The number of aliphatic hydroxyl groups is 1. The second-order valence-electron chi connectivity index (χ2n) is 11.2. The quantitative estimate of drug-likeness (QED) is 0.215. The van der Waals surface area contributed by atoms with Crippen molar-refractivity contribution in [1.29, 1.82) is 0 Å². The Morgan fingerprint density at radius 3 is 2.41 bits per heavy atom. The van der Waals surface area contributed by atoms with E-state index in [2.05, 4.69) is 26.5 Å². The van der Waals surface area contributed by atoms with Crippen LogP contribution in [-0.2, 0) is 33.3 Å². The average Bonchev–Trinajstić information content (AvgIpc) is 3.12. The van der Waals surface area contributed by atoms with Gasteiger partial charge in [0.05, 0.1) is 17.4 Å². The van der Waals surface area contributed by atoms with Gasteiger partial charge in [-0.1, -0.05) is 52.0 Å². The van der Waals surface area contributed by atoms with Gasteiger partial charge in [-0.25, -0.2) is 0 Å². The first kappa shape index (κ1) is 29.1. The Labute approximate surface area is 220 Å². The number of aliphatic hydroxyl groups excluding tert-OH is 1. The van der Waals surface area contributed by atoms with E-state index in [0.29, 0.717) is 31.3 Å². The van der Waals surface area contributed by atoms with Gasteiger partial charge in [0.2, 0.25) is 12.6 Å². The van der Waals surface area contributed by atoms with Gasteiger partial charge in [-0.15, -0.1) is 0 Å². The van der Waals surface area contributed by atoms with Crippen molar-refractivity contribution in [2.45, 2.75) is 98.9 Å². The fourth-order valence-corrected chi connectivity index (χ4v) is 6.30. The third kappa shape index (κ3) is 5.28. The molecule has 0 unspecified atom stereocenters. The van der Waals surface area contributed by atoms with Crippen LogP contribution >= 0.6 is 0 Å². The average molecular weight is 519 g/mol. The molecular formula is C29H42O8. The van der Waals surface area contributed by atoms with Crippen LogP contribution in [0.5, 0.6) is 0 Å². The molecule has 1 saturated heterocycles. The minimum atomic E-state index is -1.17. The molecule has 1 heterocycles. The summed E-state index contributed by atoms with van der Waals surface area (Å²) in [5.41, 5.74) is -0.0572. The topological polar surface area (TPSA) is 108 Å². The van der Waals surface area contributed by atoms with Crippen LogP contribution in [0.1, 0.15) is 74.1 Å². The monoisotopic (exact) mass is 518 g/mol. The smallest absolute Gasteiger partial charge is 0.309 e. The summed E-state index contributed by atoms with van der Waals surface area (Å²) < 4.78 is 23.2. The Hall–Kier alpha value is -2.45. The Balaban J connectivity index is 2.21. The lowest BCUT2D eigenvalue weighted by molar-refractivity contribution is -0.254. The molecule has 3 aliphatic rings. The lowest BCUT2D eigenvalue weighted by Gasteiger charge is -2.60. The normalized spacial score (nSPS) is 37.9. The van der Waals surface area contributed by atoms with Crippen LogP contribution in [0.3, 0.4) is 0 Å². The van der Waals surface area contributed by atoms with Crippen LogP contribution in [0.15, 0.2) is 36.0 Å². The standard InChI is InChI=1S/C29H42O8/c1-9-16(3)11-12-28(8)18(5)13-24(32)29-22(26(34-19(6)30)37-27(29)35-20(7)31)14-21(15-23(28)29)36-25(33)17(4)10-2/h9,11,14,17-18,21,23-24,26-27,32H,1,10,12-13,15H2,2-8H3/b16-11+/t17-,18-,21-,23+,24+,26+,27-,28-,29+/m1/s1. The maximum atomic E-state index is 12.8. The van der Waals surface area contributed by atoms with Crippen LogP contribution in [0.25, 0.3) is 0 Å². The molecule has 0 aromatic rings.